The van der Waals surface area contributed by atoms with Gasteiger partial charge in [-0.25, -0.2) is 4.98 Å². The molecule has 1 aliphatic rings. The molecule has 1 aliphatic heterocycles. The highest BCUT2D eigenvalue weighted by molar-refractivity contribution is 5.82. The van der Waals surface area contributed by atoms with Crippen LogP contribution in [0.1, 0.15) is 18.6 Å². The zero-order valence-electron chi connectivity index (χ0n) is 9.18. The Kier molecular flexibility index (Phi) is 3.05. The van der Waals surface area contributed by atoms with Crippen LogP contribution in [-0.4, -0.2) is 35.6 Å². The Bertz CT molecular complexity index is 393. The van der Waals surface area contributed by atoms with Gasteiger partial charge in [0.2, 0.25) is 5.91 Å². The van der Waals surface area contributed by atoms with Gasteiger partial charge in [-0.2, -0.15) is 0 Å². The van der Waals surface area contributed by atoms with Crippen LogP contribution in [0.15, 0.2) is 18.3 Å². The van der Waals surface area contributed by atoms with Gasteiger partial charge in [-0.1, -0.05) is 6.07 Å². The maximum absolute atomic E-state index is 11.3. The third-order valence-corrected chi connectivity index (χ3v) is 2.60. The first-order chi connectivity index (χ1) is 7.68. The van der Waals surface area contributed by atoms with Gasteiger partial charge in [-0.05, 0) is 13.0 Å². The summed E-state index contributed by atoms with van der Waals surface area (Å²) in [4.78, 5) is 17.4. The second-order valence-corrected chi connectivity index (χ2v) is 3.86. The lowest BCUT2D eigenvalue weighted by molar-refractivity contribution is -0.120. The van der Waals surface area contributed by atoms with Crippen LogP contribution in [0.4, 0.5) is 5.82 Å². The SMILES string of the molecule is C[C@H](O)c1cccnc1N1CCNC(=O)C1. The van der Waals surface area contributed by atoms with Crippen molar-refractivity contribution < 1.29 is 9.90 Å². The number of nitrogens with one attached hydrogen (secondary N) is 1. The molecule has 0 aromatic carbocycles. The zero-order chi connectivity index (χ0) is 11.5. The van der Waals surface area contributed by atoms with E-state index in [1.54, 1.807) is 19.2 Å². The van der Waals surface area contributed by atoms with Crippen LogP contribution in [0, 0.1) is 0 Å². The number of carbonyl (C=O) groups excluding carboxylic acids is 1. The smallest absolute Gasteiger partial charge is 0.239 e. The Labute approximate surface area is 94.1 Å². The van der Waals surface area contributed by atoms with Crippen LogP contribution in [0.5, 0.6) is 0 Å². The molecule has 0 aliphatic carbocycles. The van der Waals surface area contributed by atoms with Gasteiger partial charge >= 0.3 is 0 Å². The molecule has 0 radical (unpaired) electrons. The van der Waals surface area contributed by atoms with Gasteiger partial charge in [0.05, 0.1) is 12.6 Å². The molecule has 2 N–H and O–H groups in total. The van der Waals surface area contributed by atoms with E-state index in [0.717, 1.165) is 12.1 Å². The summed E-state index contributed by atoms with van der Waals surface area (Å²) in [6, 6.07) is 3.62. The lowest BCUT2D eigenvalue weighted by atomic mass is 10.1. The van der Waals surface area contributed by atoms with E-state index in [9.17, 15) is 9.90 Å². The number of rotatable bonds is 2. The topological polar surface area (TPSA) is 65.5 Å². The number of aliphatic hydroxyl groups is 1. The highest BCUT2D eigenvalue weighted by Gasteiger charge is 2.21. The van der Waals surface area contributed by atoms with Crippen molar-refractivity contribution in [3.8, 4) is 0 Å². The first-order valence-electron chi connectivity index (χ1n) is 5.33. The summed E-state index contributed by atoms with van der Waals surface area (Å²) in [6.07, 6.45) is 1.10. The lowest BCUT2D eigenvalue weighted by Crippen LogP contribution is -2.48. The van der Waals surface area contributed by atoms with Gasteiger partial charge < -0.3 is 15.3 Å². The zero-order valence-corrected chi connectivity index (χ0v) is 9.18. The number of anilines is 1. The monoisotopic (exact) mass is 221 g/mol. The Balaban J connectivity index is 2.28. The van der Waals surface area contributed by atoms with Crippen molar-refractivity contribution in [1.82, 2.24) is 10.3 Å². The molecule has 86 valence electrons. The standard InChI is InChI=1S/C11H15N3O2/c1-8(15)9-3-2-4-13-11(9)14-6-5-12-10(16)7-14/h2-4,8,15H,5-7H2,1H3,(H,12,16)/t8-/m0/s1. The molecule has 1 amide bonds. The van der Waals surface area contributed by atoms with Gasteiger partial charge in [0, 0.05) is 24.8 Å². The number of hydrogen-bond donors (Lipinski definition) is 2. The van der Waals surface area contributed by atoms with Gasteiger partial charge in [0.25, 0.3) is 0 Å². The number of piperazine rings is 1. The molecular formula is C11H15N3O2. The van der Waals surface area contributed by atoms with E-state index in [1.165, 1.54) is 0 Å². The average Bonchev–Trinajstić information content (AvgIpc) is 2.29. The lowest BCUT2D eigenvalue weighted by Gasteiger charge is -2.29. The number of amides is 1. The summed E-state index contributed by atoms with van der Waals surface area (Å²) in [7, 11) is 0. The fourth-order valence-electron chi connectivity index (χ4n) is 1.82. The third kappa shape index (κ3) is 2.14. The van der Waals surface area contributed by atoms with Gasteiger partial charge in [0.1, 0.15) is 5.82 Å². The fraction of sp³-hybridized carbons (Fsp3) is 0.455. The Morgan fingerprint density at radius 2 is 2.44 bits per heavy atom. The normalized spacial score (nSPS) is 18.1. The van der Waals surface area contributed by atoms with Gasteiger partial charge in [0.15, 0.2) is 0 Å². The molecule has 0 spiro atoms. The summed E-state index contributed by atoms with van der Waals surface area (Å²) in [5, 5.41) is 12.4. The van der Waals surface area contributed by atoms with Crippen molar-refractivity contribution in [1.29, 1.82) is 0 Å². The summed E-state index contributed by atoms with van der Waals surface area (Å²) >= 11 is 0. The minimum absolute atomic E-state index is 0.00607. The Hall–Kier alpha value is -1.62. The van der Waals surface area contributed by atoms with Crippen LogP contribution in [-0.2, 0) is 4.79 Å². The maximum Gasteiger partial charge on any atom is 0.239 e. The first-order valence-corrected chi connectivity index (χ1v) is 5.33. The molecule has 0 unspecified atom stereocenters. The molecular weight excluding hydrogens is 206 g/mol. The molecule has 2 rings (SSSR count). The molecule has 2 heterocycles. The first kappa shape index (κ1) is 10.9. The molecule has 5 heteroatoms. The summed E-state index contributed by atoms with van der Waals surface area (Å²) in [5.74, 6) is 0.695. The van der Waals surface area contributed by atoms with Crippen LogP contribution in [0.3, 0.4) is 0 Å². The predicted molar refractivity (Wildman–Crippen MR) is 60.1 cm³/mol. The number of nitrogens with zero attached hydrogens (tertiary/aromatic N) is 2. The summed E-state index contributed by atoms with van der Waals surface area (Å²) < 4.78 is 0. The van der Waals surface area contributed by atoms with E-state index in [4.69, 9.17) is 0 Å². The van der Waals surface area contributed by atoms with Crippen molar-refractivity contribution in [2.24, 2.45) is 0 Å². The van der Waals surface area contributed by atoms with Crippen LogP contribution >= 0.6 is 0 Å². The second kappa shape index (κ2) is 4.49. The van der Waals surface area contributed by atoms with Gasteiger partial charge in [-0.15, -0.1) is 0 Å². The fourth-order valence-corrected chi connectivity index (χ4v) is 1.82. The second-order valence-electron chi connectivity index (χ2n) is 3.86. The molecule has 5 nitrogen and oxygen atoms in total. The van der Waals surface area contributed by atoms with E-state index in [-0.39, 0.29) is 5.91 Å². The van der Waals surface area contributed by atoms with Crippen LogP contribution in [0.2, 0.25) is 0 Å². The van der Waals surface area contributed by atoms with Crippen molar-refractivity contribution in [2.45, 2.75) is 13.0 Å². The third-order valence-electron chi connectivity index (χ3n) is 2.60. The van der Waals surface area contributed by atoms with Gasteiger partial charge in [-0.3, -0.25) is 4.79 Å². The molecule has 1 aromatic rings. The van der Waals surface area contributed by atoms with Crippen LogP contribution < -0.4 is 10.2 Å². The highest BCUT2D eigenvalue weighted by Crippen LogP contribution is 2.23. The largest absolute Gasteiger partial charge is 0.389 e. The Morgan fingerprint density at radius 3 is 3.12 bits per heavy atom. The summed E-state index contributed by atoms with van der Waals surface area (Å²) in [6.45, 7) is 3.35. The van der Waals surface area contributed by atoms with Crippen molar-refractivity contribution in [3.63, 3.8) is 0 Å². The van der Waals surface area contributed by atoms with Crippen molar-refractivity contribution in [3.05, 3.63) is 23.9 Å². The van der Waals surface area contributed by atoms with E-state index in [2.05, 4.69) is 10.3 Å². The van der Waals surface area contributed by atoms with E-state index in [0.29, 0.717) is 18.9 Å². The molecule has 1 fully saturated rings. The quantitative estimate of drug-likeness (QED) is 0.741. The molecule has 0 bridgehead atoms. The van der Waals surface area contributed by atoms with E-state index >= 15 is 0 Å². The van der Waals surface area contributed by atoms with Crippen molar-refractivity contribution >= 4 is 11.7 Å². The number of carbonyl (C=O) groups is 1. The Morgan fingerprint density at radius 1 is 1.62 bits per heavy atom. The van der Waals surface area contributed by atoms with E-state index < -0.39 is 6.10 Å². The maximum atomic E-state index is 11.3. The summed E-state index contributed by atoms with van der Waals surface area (Å²) in [5.41, 5.74) is 0.761. The number of aliphatic hydroxyl groups excluding tert-OH is 1. The molecule has 1 atom stereocenters. The minimum Gasteiger partial charge on any atom is -0.389 e. The predicted octanol–water partition coefficient (Wildman–Crippen LogP) is 0.0711. The van der Waals surface area contributed by atoms with Crippen LogP contribution in [0.25, 0.3) is 0 Å². The number of hydrogen-bond acceptors (Lipinski definition) is 4. The molecule has 1 aromatic heterocycles. The number of aromatic nitrogens is 1. The number of pyridine rings is 1. The molecule has 0 saturated carbocycles. The highest BCUT2D eigenvalue weighted by atomic mass is 16.3. The average molecular weight is 221 g/mol. The minimum atomic E-state index is -0.575. The van der Waals surface area contributed by atoms with E-state index in [1.807, 2.05) is 11.0 Å². The van der Waals surface area contributed by atoms with Crippen molar-refractivity contribution in [2.75, 3.05) is 24.5 Å². The molecule has 1 saturated heterocycles. The molecule has 16 heavy (non-hydrogen) atoms.